The molecule has 0 saturated carbocycles. The number of ether oxygens (including phenoxy) is 1. The SMILES string of the molecule is CCCCOc1cc(-n2nc(C(C)(C)O)n(C)c2=O)c(F)cc1C(=O)NC(CC)CC. The molecule has 1 aromatic heterocycles. The van der Waals surface area contributed by atoms with Gasteiger partial charge in [0.1, 0.15) is 22.9 Å². The minimum Gasteiger partial charge on any atom is -0.493 e. The molecule has 0 aliphatic carbocycles. The number of halogens is 1. The molecule has 0 unspecified atom stereocenters. The second-order valence-corrected chi connectivity index (χ2v) is 8.12. The van der Waals surface area contributed by atoms with Gasteiger partial charge in [-0.05, 0) is 39.2 Å². The summed E-state index contributed by atoms with van der Waals surface area (Å²) in [4.78, 5) is 25.5. The van der Waals surface area contributed by atoms with Gasteiger partial charge in [-0.15, -0.1) is 5.10 Å². The van der Waals surface area contributed by atoms with Crippen LogP contribution < -0.4 is 15.7 Å². The van der Waals surface area contributed by atoms with Gasteiger partial charge >= 0.3 is 5.69 Å². The topological polar surface area (TPSA) is 98.4 Å². The highest BCUT2D eigenvalue weighted by Crippen LogP contribution is 2.26. The maximum Gasteiger partial charge on any atom is 0.350 e. The van der Waals surface area contributed by atoms with Crippen molar-refractivity contribution >= 4 is 5.91 Å². The fraction of sp³-hybridized carbons (Fsp3) is 0.591. The van der Waals surface area contributed by atoms with Crippen molar-refractivity contribution in [1.29, 1.82) is 0 Å². The summed E-state index contributed by atoms with van der Waals surface area (Å²) < 4.78 is 22.9. The molecule has 2 aromatic rings. The maximum atomic E-state index is 15.1. The summed E-state index contributed by atoms with van der Waals surface area (Å²) in [6, 6.07) is 2.35. The van der Waals surface area contributed by atoms with Crippen LogP contribution in [0.5, 0.6) is 5.75 Å². The molecule has 1 amide bonds. The van der Waals surface area contributed by atoms with Crippen LogP contribution in [0.3, 0.4) is 0 Å². The number of aromatic nitrogens is 3. The lowest BCUT2D eigenvalue weighted by Gasteiger charge is -2.18. The molecule has 9 heteroatoms. The first-order valence-electron chi connectivity index (χ1n) is 10.7. The van der Waals surface area contributed by atoms with E-state index in [-0.39, 0.29) is 28.9 Å². The largest absolute Gasteiger partial charge is 0.493 e. The van der Waals surface area contributed by atoms with Crippen LogP contribution in [0.15, 0.2) is 16.9 Å². The summed E-state index contributed by atoms with van der Waals surface area (Å²) >= 11 is 0. The zero-order valence-electron chi connectivity index (χ0n) is 19.2. The van der Waals surface area contributed by atoms with Crippen molar-refractivity contribution in [3.63, 3.8) is 0 Å². The molecule has 2 N–H and O–H groups in total. The molecular weight excluding hydrogens is 403 g/mol. The number of benzene rings is 1. The van der Waals surface area contributed by atoms with Crippen LogP contribution >= 0.6 is 0 Å². The van der Waals surface area contributed by atoms with Gasteiger partial charge in [0.2, 0.25) is 0 Å². The zero-order valence-corrected chi connectivity index (χ0v) is 19.2. The van der Waals surface area contributed by atoms with E-state index in [1.165, 1.54) is 27.0 Å². The van der Waals surface area contributed by atoms with Crippen molar-refractivity contribution in [1.82, 2.24) is 19.7 Å². The average Bonchev–Trinajstić information content (AvgIpc) is 3.01. The highest BCUT2D eigenvalue weighted by Gasteiger charge is 2.27. The highest BCUT2D eigenvalue weighted by atomic mass is 19.1. The van der Waals surface area contributed by atoms with Crippen LogP contribution in [0.1, 0.15) is 76.5 Å². The van der Waals surface area contributed by atoms with Crippen molar-refractivity contribution in [2.45, 2.75) is 71.9 Å². The number of carbonyl (C=O) groups excluding carboxylic acids is 1. The lowest BCUT2D eigenvalue weighted by Crippen LogP contribution is -2.34. The summed E-state index contributed by atoms with van der Waals surface area (Å²) in [7, 11) is 1.45. The Morgan fingerprint density at radius 2 is 1.94 bits per heavy atom. The monoisotopic (exact) mass is 436 g/mol. The lowest BCUT2D eigenvalue weighted by molar-refractivity contribution is 0.0649. The van der Waals surface area contributed by atoms with Gasteiger partial charge in [0.05, 0.1) is 12.2 Å². The van der Waals surface area contributed by atoms with Crippen LogP contribution in [0.25, 0.3) is 5.69 Å². The molecule has 2 rings (SSSR count). The number of hydrogen-bond donors (Lipinski definition) is 2. The lowest BCUT2D eigenvalue weighted by atomic mass is 10.1. The number of aliphatic hydroxyl groups is 1. The Kier molecular flexibility index (Phi) is 8.00. The zero-order chi connectivity index (χ0) is 23.3. The van der Waals surface area contributed by atoms with E-state index < -0.39 is 23.0 Å². The van der Waals surface area contributed by atoms with E-state index in [0.717, 1.165) is 41.0 Å². The number of nitrogens with one attached hydrogen (secondary N) is 1. The first-order chi connectivity index (χ1) is 14.5. The van der Waals surface area contributed by atoms with Gasteiger partial charge in [-0.2, -0.15) is 4.68 Å². The molecule has 0 spiro atoms. The van der Waals surface area contributed by atoms with Gasteiger partial charge in [-0.1, -0.05) is 27.2 Å². The number of hydrogen-bond acceptors (Lipinski definition) is 5. The fourth-order valence-electron chi connectivity index (χ4n) is 3.21. The predicted octanol–water partition coefficient (Wildman–Crippen LogP) is 3.03. The minimum absolute atomic E-state index is 0.0357. The van der Waals surface area contributed by atoms with Gasteiger partial charge in [-0.3, -0.25) is 9.36 Å². The summed E-state index contributed by atoms with van der Waals surface area (Å²) in [5.74, 6) is -0.965. The van der Waals surface area contributed by atoms with Crippen LogP contribution in [0.2, 0.25) is 0 Å². The van der Waals surface area contributed by atoms with Gasteiger partial charge in [0, 0.05) is 19.2 Å². The number of carbonyl (C=O) groups is 1. The van der Waals surface area contributed by atoms with Gasteiger partial charge in [0.25, 0.3) is 5.91 Å². The minimum atomic E-state index is -1.40. The van der Waals surface area contributed by atoms with E-state index in [4.69, 9.17) is 4.74 Å². The average molecular weight is 437 g/mol. The molecule has 8 nitrogen and oxygen atoms in total. The van der Waals surface area contributed by atoms with Gasteiger partial charge in [-0.25, -0.2) is 9.18 Å². The number of rotatable bonds is 10. The molecule has 0 fully saturated rings. The first-order valence-corrected chi connectivity index (χ1v) is 10.7. The van der Waals surface area contributed by atoms with Gasteiger partial charge in [0.15, 0.2) is 5.82 Å². The van der Waals surface area contributed by atoms with Crippen LogP contribution in [-0.2, 0) is 12.6 Å². The van der Waals surface area contributed by atoms with E-state index in [9.17, 15) is 14.7 Å². The second kappa shape index (κ2) is 10.1. The third-order valence-electron chi connectivity index (χ3n) is 5.13. The Morgan fingerprint density at radius 1 is 1.29 bits per heavy atom. The predicted molar refractivity (Wildman–Crippen MR) is 116 cm³/mol. The third-order valence-corrected chi connectivity index (χ3v) is 5.13. The molecular formula is C22H33FN4O4. The van der Waals surface area contributed by atoms with Crippen molar-refractivity contribution in [2.24, 2.45) is 7.05 Å². The Bertz CT molecular complexity index is 971. The maximum absolute atomic E-state index is 15.1. The molecule has 0 aliphatic heterocycles. The molecule has 0 radical (unpaired) electrons. The molecule has 0 aliphatic rings. The quantitative estimate of drug-likeness (QED) is 0.558. The van der Waals surface area contributed by atoms with Crippen molar-refractivity contribution in [2.75, 3.05) is 6.61 Å². The fourth-order valence-corrected chi connectivity index (χ4v) is 3.21. The molecule has 172 valence electrons. The molecule has 0 saturated heterocycles. The van der Waals surface area contributed by atoms with E-state index in [0.29, 0.717) is 6.61 Å². The van der Waals surface area contributed by atoms with Gasteiger partial charge < -0.3 is 15.2 Å². The number of nitrogens with zero attached hydrogens (tertiary/aromatic N) is 3. The first kappa shape index (κ1) is 24.6. The standard InChI is InChI=1S/C22H33FN4O4/c1-7-10-11-31-18-13-17(27-21(29)26(6)20(25-27)22(4,5)30)16(23)12-15(18)19(28)24-14(8-2)9-3/h12-14,30H,7-11H2,1-6H3,(H,24,28). The molecule has 1 heterocycles. The van der Waals surface area contributed by atoms with E-state index in [1.54, 1.807) is 0 Å². The van der Waals surface area contributed by atoms with Crippen LogP contribution in [0.4, 0.5) is 4.39 Å². The normalized spacial score (nSPS) is 11.8. The smallest absolute Gasteiger partial charge is 0.350 e. The Labute approximate surface area is 182 Å². The summed E-state index contributed by atoms with van der Waals surface area (Å²) in [6.45, 7) is 9.25. The van der Waals surface area contributed by atoms with E-state index >= 15 is 4.39 Å². The van der Waals surface area contributed by atoms with E-state index in [1.807, 2.05) is 20.8 Å². The highest BCUT2D eigenvalue weighted by molar-refractivity contribution is 5.97. The Morgan fingerprint density at radius 3 is 2.45 bits per heavy atom. The summed E-state index contributed by atoms with van der Waals surface area (Å²) in [5.41, 5.74) is -2.10. The molecule has 1 aromatic carbocycles. The summed E-state index contributed by atoms with van der Waals surface area (Å²) in [5, 5.41) is 17.3. The van der Waals surface area contributed by atoms with Crippen LogP contribution in [0, 0.1) is 5.82 Å². The molecule has 0 atom stereocenters. The van der Waals surface area contributed by atoms with Crippen molar-refractivity contribution < 1.29 is 19.0 Å². The van der Waals surface area contributed by atoms with Crippen molar-refractivity contribution in [3.8, 4) is 11.4 Å². The van der Waals surface area contributed by atoms with E-state index in [2.05, 4.69) is 10.4 Å². The summed E-state index contributed by atoms with van der Waals surface area (Å²) in [6.07, 6.45) is 3.14. The van der Waals surface area contributed by atoms with Crippen LogP contribution in [-0.4, -0.2) is 38.0 Å². The number of amides is 1. The van der Waals surface area contributed by atoms with Crippen molar-refractivity contribution in [3.05, 3.63) is 39.8 Å². The Hall–Kier alpha value is -2.68. The molecule has 0 bridgehead atoms. The second-order valence-electron chi connectivity index (χ2n) is 8.12. The Balaban J connectivity index is 2.58. The number of unbranched alkanes of at least 4 members (excludes halogenated alkanes) is 1. The molecule has 31 heavy (non-hydrogen) atoms. The third kappa shape index (κ3) is 5.52.